The molecule has 148 valence electrons. The molecule has 0 N–H and O–H groups in total. The number of morpholine rings is 1. The van der Waals surface area contributed by atoms with Crippen LogP contribution in [0.5, 0.6) is 0 Å². The minimum absolute atomic E-state index is 0.0352. The second-order valence-corrected chi connectivity index (χ2v) is 7.76. The maximum Gasteiger partial charge on any atom is 0.240 e. The van der Waals surface area contributed by atoms with Crippen molar-refractivity contribution in [2.75, 3.05) is 50.8 Å². The maximum absolute atomic E-state index is 13.2. The lowest BCUT2D eigenvalue weighted by Crippen LogP contribution is -2.53. The number of hydrogen-bond donors (Lipinski definition) is 0. The molecule has 7 nitrogen and oxygen atoms in total. The van der Waals surface area contributed by atoms with Crippen LogP contribution in [0.4, 0.5) is 5.95 Å². The first-order valence-electron chi connectivity index (χ1n) is 10.5. The molecule has 3 aliphatic rings. The molecule has 1 aromatic rings. The summed E-state index contributed by atoms with van der Waals surface area (Å²) in [6.45, 7) is 7.99. The minimum Gasteiger partial charge on any atom is -0.368 e. The highest BCUT2D eigenvalue weighted by molar-refractivity contribution is 5.82. The largest absolute Gasteiger partial charge is 0.368 e. The third-order valence-corrected chi connectivity index (χ3v) is 6.07. The van der Waals surface area contributed by atoms with Crippen LogP contribution in [0.2, 0.25) is 0 Å². The van der Waals surface area contributed by atoms with Gasteiger partial charge in [0.2, 0.25) is 11.9 Å². The Morgan fingerprint density at radius 3 is 2.81 bits per heavy atom. The summed E-state index contributed by atoms with van der Waals surface area (Å²) >= 11 is 0. The lowest BCUT2D eigenvalue weighted by atomic mass is 10.0. The van der Waals surface area contributed by atoms with E-state index in [0.29, 0.717) is 19.7 Å². The molecule has 1 amide bonds. The molecule has 0 aromatic carbocycles. The summed E-state index contributed by atoms with van der Waals surface area (Å²) in [6, 6.07) is 1.96. The fourth-order valence-corrected chi connectivity index (χ4v) is 4.50. The predicted octanol–water partition coefficient (Wildman–Crippen LogP) is 1.85. The molecular weight excluding hydrogens is 342 g/mol. The highest BCUT2D eigenvalue weighted by Gasteiger charge is 2.34. The molecule has 7 heteroatoms. The average Bonchev–Trinajstić information content (AvgIpc) is 3.28. The fraction of sp³-hybridized carbons (Fsp3) is 0.750. The first-order valence-corrected chi connectivity index (χ1v) is 10.5. The molecule has 3 fully saturated rings. The Morgan fingerprint density at radius 2 is 2.00 bits per heavy atom. The summed E-state index contributed by atoms with van der Waals surface area (Å²) < 4.78 is 5.99. The molecule has 27 heavy (non-hydrogen) atoms. The summed E-state index contributed by atoms with van der Waals surface area (Å²) in [4.78, 5) is 28.9. The van der Waals surface area contributed by atoms with Gasteiger partial charge in [-0.25, -0.2) is 9.97 Å². The third-order valence-electron chi connectivity index (χ3n) is 6.07. The van der Waals surface area contributed by atoms with Crippen LogP contribution >= 0.6 is 0 Å². The van der Waals surface area contributed by atoms with Crippen LogP contribution in [-0.2, 0) is 9.53 Å². The monoisotopic (exact) mass is 373 g/mol. The number of piperidine rings is 1. The summed E-state index contributed by atoms with van der Waals surface area (Å²) in [7, 11) is 0. The van der Waals surface area contributed by atoms with Crippen molar-refractivity contribution in [1.29, 1.82) is 0 Å². The minimum atomic E-state index is -0.161. The lowest BCUT2D eigenvalue weighted by Gasteiger charge is -2.40. The predicted molar refractivity (Wildman–Crippen MR) is 104 cm³/mol. The number of anilines is 1. The molecule has 4 rings (SSSR count). The van der Waals surface area contributed by atoms with Crippen LogP contribution in [0.1, 0.15) is 50.8 Å². The van der Waals surface area contributed by atoms with Crippen LogP contribution < -0.4 is 4.90 Å². The first kappa shape index (κ1) is 18.6. The summed E-state index contributed by atoms with van der Waals surface area (Å²) in [5.41, 5.74) is 0.889. The van der Waals surface area contributed by atoms with Gasteiger partial charge < -0.3 is 14.5 Å². The highest BCUT2D eigenvalue weighted by Crippen LogP contribution is 2.25. The first-order chi connectivity index (χ1) is 13.3. The molecule has 0 aliphatic carbocycles. The second kappa shape index (κ2) is 8.52. The van der Waals surface area contributed by atoms with Crippen LogP contribution in [0.3, 0.4) is 0 Å². The molecule has 2 atom stereocenters. The van der Waals surface area contributed by atoms with Crippen molar-refractivity contribution in [2.45, 2.75) is 51.2 Å². The smallest absolute Gasteiger partial charge is 0.240 e. The summed E-state index contributed by atoms with van der Waals surface area (Å²) in [5, 5.41) is 0. The van der Waals surface area contributed by atoms with Crippen molar-refractivity contribution < 1.29 is 9.53 Å². The Bertz CT molecular complexity index is 649. The SMILES string of the molecule is CCN1CCCC[C@@H]1C(=O)N1CCO[C@@H](c2ccnc(N3CCCC3)n2)C1. The van der Waals surface area contributed by atoms with Crippen molar-refractivity contribution in [1.82, 2.24) is 19.8 Å². The normalized spacial score (nSPS) is 27.1. The second-order valence-electron chi connectivity index (χ2n) is 7.76. The number of nitrogens with zero attached hydrogens (tertiary/aromatic N) is 5. The molecule has 0 bridgehead atoms. The van der Waals surface area contributed by atoms with Gasteiger partial charge in [-0.1, -0.05) is 13.3 Å². The van der Waals surface area contributed by atoms with Gasteiger partial charge in [-0.2, -0.15) is 0 Å². The Balaban J connectivity index is 1.45. The molecule has 1 aromatic heterocycles. The summed E-state index contributed by atoms with van der Waals surface area (Å²) in [6.07, 6.45) is 7.37. The van der Waals surface area contributed by atoms with Crippen LogP contribution in [0.15, 0.2) is 12.3 Å². The van der Waals surface area contributed by atoms with E-state index >= 15 is 0 Å². The highest BCUT2D eigenvalue weighted by atomic mass is 16.5. The number of carbonyl (C=O) groups is 1. The van der Waals surface area contributed by atoms with E-state index in [-0.39, 0.29) is 18.1 Å². The topological polar surface area (TPSA) is 61.8 Å². The van der Waals surface area contributed by atoms with Crippen LogP contribution in [-0.4, -0.2) is 77.6 Å². The van der Waals surface area contributed by atoms with Crippen molar-refractivity contribution in [3.63, 3.8) is 0 Å². The van der Waals surface area contributed by atoms with Gasteiger partial charge in [0.25, 0.3) is 0 Å². The van der Waals surface area contributed by atoms with Gasteiger partial charge in [-0.05, 0) is 44.8 Å². The van der Waals surface area contributed by atoms with Gasteiger partial charge in [0.05, 0.1) is 24.9 Å². The lowest BCUT2D eigenvalue weighted by molar-refractivity contribution is -0.146. The van der Waals surface area contributed by atoms with Gasteiger partial charge in [-0.15, -0.1) is 0 Å². The Labute approximate surface area is 161 Å². The third kappa shape index (κ3) is 4.09. The van der Waals surface area contributed by atoms with Gasteiger partial charge in [-0.3, -0.25) is 9.69 Å². The zero-order valence-electron chi connectivity index (χ0n) is 16.3. The molecule has 0 radical (unpaired) electrons. The molecule has 0 spiro atoms. The van der Waals surface area contributed by atoms with E-state index in [0.717, 1.165) is 50.7 Å². The van der Waals surface area contributed by atoms with Crippen LogP contribution in [0.25, 0.3) is 0 Å². The quantitative estimate of drug-likeness (QED) is 0.803. The number of likely N-dealkylation sites (N-methyl/N-ethyl adjacent to an activating group) is 1. The number of rotatable bonds is 4. The number of carbonyl (C=O) groups excluding carboxylic acids is 1. The van der Waals surface area contributed by atoms with Crippen molar-refractivity contribution in [3.05, 3.63) is 18.0 Å². The van der Waals surface area contributed by atoms with E-state index in [1.165, 1.54) is 19.3 Å². The van der Waals surface area contributed by atoms with Gasteiger partial charge in [0.15, 0.2) is 0 Å². The van der Waals surface area contributed by atoms with Gasteiger partial charge in [0, 0.05) is 25.8 Å². The number of hydrogen-bond acceptors (Lipinski definition) is 6. The van der Waals surface area contributed by atoms with Crippen molar-refractivity contribution in [2.24, 2.45) is 0 Å². The van der Waals surface area contributed by atoms with E-state index in [1.807, 2.05) is 17.2 Å². The molecule has 0 saturated carbocycles. The number of likely N-dealkylation sites (tertiary alicyclic amines) is 1. The zero-order valence-corrected chi connectivity index (χ0v) is 16.3. The van der Waals surface area contributed by atoms with E-state index in [9.17, 15) is 4.79 Å². The van der Waals surface area contributed by atoms with E-state index in [1.54, 1.807) is 0 Å². The van der Waals surface area contributed by atoms with Crippen LogP contribution in [0, 0.1) is 0 Å². The fourth-order valence-electron chi connectivity index (χ4n) is 4.50. The molecule has 3 aliphatic heterocycles. The Kier molecular flexibility index (Phi) is 5.88. The molecule has 0 unspecified atom stereocenters. The Morgan fingerprint density at radius 1 is 1.19 bits per heavy atom. The molecular formula is C20H31N5O2. The maximum atomic E-state index is 13.2. The molecule has 4 heterocycles. The van der Waals surface area contributed by atoms with E-state index in [4.69, 9.17) is 9.72 Å². The standard InChI is InChI=1S/C20H31N5O2/c1-2-23-10-4-3-7-17(23)19(26)25-13-14-27-18(15-25)16-8-9-21-20(22-16)24-11-5-6-12-24/h8-9,17-18H,2-7,10-15H2,1H3/t17-,18-/m1/s1. The average molecular weight is 374 g/mol. The van der Waals surface area contributed by atoms with Gasteiger partial charge >= 0.3 is 0 Å². The number of ether oxygens (including phenoxy) is 1. The Hall–Kier alpha value is -1.73. The van der Waals surface area contributed by atoms with Crippen molar-refractivity contribution >= 4 is 11.9 Å². The van der Waals surface area contributed by atoms with E-state index < -0.39 is 0 Å². The van der Waals surface area contributed by atoms with Crippen molar-refractivity contribution in [3.8, 4) is 0 Å². The number of aromatic nitrogens is 2. The van der Waals surface area contributed by atoms with E-state index in [2.05, 4.69) is 21.7 Å². The zero-order chi connectivity index (χ0) is 18.6. The van der Waals surface area contributed by atoms with Gasteiger partial charge in [0.1, 0.15) is 6.10 Å². The summed E-state index contributed by atoms with van der Waals surface area (Å²) in [5.74, 6) is 1.06. The molecule has 3 saturated heterocycles. The number of amides is 1.